The number of carbonyl (C=O) groups is 2. The minimum absolute atomic E-state index is 0.0369. The van der Waals surface area contributed by atoms with Gasteiger partial charge in [-0.3, -0.25) is 9.59 Å². The van der Waals surface area contributed by atoms with Gasteiger partial charge in [0, 0.05) is 16.5 Å². The van der Waals surface area contributed by atoms with E-state index in [1.807, 2.05) is 0 Å². The third-order valence-electron chi connectivity index (χ3n) is 4.14. The van der Waals surface area contributed by atoms with Crippen LogP contribution in [0.15, 0.2) is 41.5 Å². The Balaban J connectivity index is 2.06. The number of anilines is 1. The van der Waals surface area contributed by atoms with E-state index in [-0.39, 0.29) is 16.7 Å². The van der Waals surface area contributed by atoms with E-state index in [9.17, 15) is 22.8 Å². The number of carbonyl (C=O) groups excluding carboxylic acids is 2. The lowest BCUT2D eigenvalue weighted by molar-refractivity contribution is -0.136. The Kier molecular flexibility index (Phi) is 3.66. The van der Waals surface area contributed by atoms with E-state index in [2.05, 4.69) is 10.3 Å². The maximum atomic E-state index is 13.3. The molecule has 0 aliphatic heterocycles. The summed E-state index contributed by atoms with van der Waals surface area (Å²) in [5, 5.41) is 2.52. The normalized spacial score (nSPS) is 16.4. The number of benzene rings is 1. The molecule has 4 nitrogen and oxygen atoms in total. The molecular formula is C17H13F3N2O2. The molecule has 0 spiro atoms. The largest absolute Gasteiger partial charge is 0.417 e. The quantitative estimate of drug-likeness (QED) is 0.854. The number of hydrogen-bond acceptors (Lipinski definition) is 4. The van der Waals surface area contributed by atoms with Crippen molar-refractivity contribution >= 4 is 28.3 Å². The average Bonchev–Trinajstić information content (AvgIpc) is 2.71. The van der Waals surface area contributed by atoms with Gasteiger partial charge in [0.05, 0.1) is 11.1 Å². The molecule has 124 valence electrons. The Morgan fingerprint density at radius 3 is 2.21 bits per heavy atom. The summed E-state index contributed by atoms with van der Waals surface area (Å²) in [6.45, 7) is 3.04. The molecule has 0 radical (unpaired) electrons. The fourth-order valence-electron chi connectivity index (χ4n) is 2.68. The topological polar surface area (TPSA) is 59.1 Å². The smallest absolute Gasteiger partial charge is 0.353 e. The second-order valence-corrected chi connectivity index (χ2v) is 5.63. The summed E-state index contributed by atoms with van der Waals surface area (Å²) in [5.74, 6) is -1.04. The van der Waals surface area contributed by atoms with Crippen molar-refractivity contribution in [3.63, 3.8) is 0 Å². The molecule has 3 rings (SSSR count). The number of nitrogens with zero attached hydrogens (tertiary/aromatic N) is 1. The highest BCUT2D eigenvalue weighted by molar-refractivity contribution is 6.28. The van der Waals surface area contributed by atoms with Gasteiger partial charge in [0.2, 0.25) is 0 Å². The molecule has 0 bridgehead atoms. The third kappa shape index (κ3) is 2.55. The molecule has 0 unspecified atom stereocenters. The van der Waals surface area contributed by atoms with Crippen LogP contribution in [0, 0.1) is 0 Å². The molecule has 0 saturated heterocycles. The zero-order chi connectivity index (χ0) is 17.6. The molecule has 1 heterocycles. The van der Waals surface area contributed by atoms with Crippen LogP contribution in [0.2, 0.25) is 0 Å². The summed E-state index contributed by atoms with van der Waals surface area (Å²) in [7, 11) is 0. The molecule has 1 N–H and O–H groups in total. The van der Waals surface area contributed by atoms with Gasteiger partial charge in [0.1, 0.15) is 5.82 Å². The van der Waals surface area contributed by atoms with Crippen LogP contribution in [0.25, 0.3) is 10.9 Å². The van der Waals surface area contributed by atoms with E-state index >= 15 is 0 Å². The van der Waals surface area contributed by atoms with Crippen LogP contribution in [0.3, 0.4) is 0 Å². The molecule has 7 heteroatoms. The highest BCUT2D eigenvalue weighted by Crippen LogP contribution is 2.36. The molecule has 2 aromatic rings. The first-order chi connectivity index (χ1) is 11.2. The second-order valence-electron chi connectivity index (χ2n) is 5.63. The minimum Gasteiger partial charge on any atom is -0.353 e. The van der Waals surface area contributed by atoms with Crippen molar-refractivity contribution in [2.45, 2.75) is 26.1 Å². The number of nitrogens with one attached hydrogen (secondary N) is 1. The van der Waals surface area contributed by atoms with Gasteiger partial charge in [-0.2, -0.15) is 13.2 Å². The maximum absolute atomic E-state index is 13.3. The van der Waals surface area contributed by atoms with Crippen LogP contribution < -0.4 is 5.32 Å². The zero-order valence-electron chi connectivity index (χ0n) is 12.9. The van der Waals surface area contributed by atoms with Crippen molar-refractivity contribution in [3.8, 4) is 0 Å². The number of ketones is 2. The van der Waals surface area contributed by atoms with Gasteiger partial charge in [0.15, 0.2) is 17.6 Å². The Morgan fingerprint density at radius 1 is 1.04 bits per heavy atom. The number of hydrogen-bond donors (Lipinski definition) is 1. The predicted octanol–water partition coefficient (Wildman–Crippen LogP) is 3.52. The molecule has 0 fully saturated rings. The summed E-state index contributed by atoms with van der Waals surface area (Å²) in [4.78, 5) is 28.3. The van der Waals surface area contributed by atoms with E-state index in [0.29, 0.717) is 11.1 Å². The monoisotopic (exact) mass is 334 g/mol. The van der Waals surface area contributed by atoms with Crippen molar-refractivity contribution in [1.29, 1.82) is 0 Å². The van der Waals surface area contributed by atoms with Crippen molar-refractivity contribution in [2.75, 3.05) is 5.32 Å². The van der Waals surface area contributed by atoms with Crippen LogP contribution in [0.1, 0.15) is 19.4 Å². The molecule has 0 saturated carbocycles. The van der Waals surface area contributed by atoms with Gasteiger partial charge in [0.25, 0.3) is 0 Å². The molecule has 24 heavy (non-hydrogen) atoms. The predicted molar refractivity (Wildman–Crippen MR) is 82.5 cm³/mol. The fourth-order valence-corrected chi connectivity index (χ4v) is 2.68. The molecule has 1 aromatic heterocycles. The van der Waals surface area contributed by atoms with Crippen LogP contribution in [0.4, 0.5) is 19.0 Å². The standard InChI is InChI=1S/C17H13F3N2O2/c1-8-9(2)16(24)14(15(8)23)22-13-7-11(17(18,19)20)10-5-3-4-6-12(10)21-13/h3-7,14H,1-2H3,(H,21,22). The second kappa shape index (κ2) is 5.43. The SMILES string of the molecule is CC1=C(C)C(=O)C(Nc2cc(C(F)(F)F)c3ccccc3n2)C1=O. The van der Waals surface area contributed by atoms with Crippen LogP contribution >= 0.6 is 0 Å². The Hall–Kier alpha value is -2.70. The summed E-state index contributed by atoms with van der Waals surface area (Å²) >= 11 is 0. The lowest BCUT2D eigenvalue weighted by Gasteiger charge is -2.16. The van der Waals surface area contributed by atoms with Crippen molar-refractivity contribution in [1.82, 2.24) is 4.98 Å². The number of aromatic nitrogens is 1. The number of alkyl halides is 3. The molecule has 0 amide bonds. The number of Topliss-reactive ketones (excluding diaryl/α,β-unsaturated/α-hetero) is 2. The first-order valence-corrected chi connectivity index (χ1v) is 7.19. The van der Waals surface area contributed by atoms with Gasteiger partial charge in [-0.25, -0.2) is 4.98 Å². The Labute approximate surface area is 135 Å². The van der Waals surface area contributed by atoms with E-state index in [4.69, 9.17) is 0 Å². The average molecular weight is 334 g/mol. The van der Waals surface area contributed by atoms with Crippen molar-refractivity contribution < 1.29 is 22.8 Å². The van der Waals surface area contributed by atoms with Crippen LogP contribution in [-0.4, -0.2) is 22.6 Å². The molecular weight excluding hydrogens is 321 g/mol. The zero-order valence-corrected chi connectivity index (χ0v) is 12.9. The van der Waals surface area contributed by atoms with Crippen LogP contribution in [0.5, 0.6) is 0 Å². The highest BCUT2D eigenvalue weighted by Gasteiger charge is 2.38. The van der Waals surface area contributed by atoms with Gasteiger partial charge in [-0.05, 0) is 26.0 Å². The number of fused-ring (bicyclic) bond motifs is 1. The fraction of sp³-hybridized carbons (Fsp3) is 0.235. The van der Waals surface area contributed by atoms with Crippen LogP contribution in [-0.2, 0) is 15.8 Å². The highest BCUT2D eigenvalue weighted by atomic mass is 19.4. The first kappa shape index (κ1) is 16.2. The molecule has 1 aliphatic carbocycles. The number of pyridine rings is 1. The molecule has 1 aromatic carbocycles. The number of rotatable bonds is 2. The number of para-hydroxylation sites is 1. The van der Waals surface area contributed by atoms with Gasteiger partial charge in [-0.1, -0.05) is 18.2 Å². The van der Waals surface area contributed by atoms with Crippen molar-refractivity contribution in [2.24, 2.45) is 0 Å². The van der Waals surface area contributed by atoms with E-state index in [1.54, 1.807) is 6.07 Å². The first-order valence-electron chi connectivity index (χ1n) is 7.19. The van der Waals surface area contributed by atoms with Gasteiger partial charge >= 0.3 is 6.18 Å². The summed E-state index contributed by atoms with van der Waals surface area (Å²) in [6.07, 6.45) is -4.58. The van der Waals surface area contributed by atoms with E-state index in [1.165, 1.54) is 32.0 Å². The van der Waals surface area contributed by atoms with Gasteiger partial charge in [-0.15, -0.1) is 0 Å². The van der Waals surface area contributed by atoms with E-state index in [0.717, 1.165) is 6.07 Å². The summed E-state index contributed by atoms with van der Waals surface area (Å²) in [5.41, 5.74) is -0.104. The van der Waals surface area contributed by atoms with Crippen molar-refractivity contribution in [3.05, 3.63) is 47.0 Å². The summed E-state index contributed by atoms with van der Waals surface area (Å²) < 4.78 is 39.9. The summed E-state index contributed by atoms with van der Waals surface area (Å²) in [6, 6.07) is 5.44. The molecule has 1 aliphatic rings. The Morgan fingerprint density at radius 2 is 1.62 bits per heavy atom. The van der Waals surface area contributed by atoms with E-state index < -0.39 is 29.3 Å². The molecule has 0 atom stereocenters. The minimum atomic E-state index is -4.58. The van der Waals surface area contributed by atoms with Gasteiger partial charge < -0.3 is 5.32 Å². The Bertz CT molecular complexity index is 876. The number of halogens is 3. The maximum Gasteiger partial charge on any atom is 0.417 e. The third-order valence-corrected chi connectivity index (χ3v) is 4.14. The lowest BCUT2D eigenvalue weighted by atomic mass is 10.1. The lowest BCUT2D eigenvalue weighted by Crippen LogP contribution is -2.33.